The molecule has 0 aliphatic rings. The van der Waals surface area contributed by atoms with Crippen molar-refractivity contribution < 1.29 is 17.9 Å². The minimum Gasteiger partial charge on any atom is -0.375 e. The first-order valence-corrected chi connectivity index (χ1v) is 5.30. The summed E-state index contributed by atoms with van der Waals surface area (Å²) in [6, 6.07) is 5.33. The van der Waals surface area contributed by atoms with Crippen LogP contribution in [-0.2, 0) is 17.9 Å². The zero-order valence-electron chi connectivity index (χ0n) is 9.33. The van der Waals surface area contributed by atoms with Gasteiger partial charge in [-0.1, -0.05) is 6.07 Å². The van der Waals surface area contributed by atoms with Gasteiger partial charge in [0.05, 0.1) is 18.0 Å². The Morgan fingerprint density at radius 2 is 1.94 bits per heavy atom. The number of nitrogens with two attached hydrogens (primary N) is 1. The molecular weight excluding hydrogens is 233 g/mol. The Hall–Kier alpha value is -1.14. The molecule has 0 aliphatic heterocycles. The maximum Gasteiger partial charge on any atom is 0.389 e. The van der Waals surface area contributed by atoms with Crippen molar-refractivity contribution in [2.45, 2.75) is 32.2 Å². The van der Waals surface area contributed by atoms with Crippen LogP contribution in [0.15, 0.2) is 18.2 Å². The molecule has 1 rings (SSSR count). The quantitative estimate of drug-likeness (QED) is 0.786. The predicted octanol–water partition coefficient (Wildman–Crippen LogP) is 2.40. The van der Waals surface area contributed by atoms with Gasteiger partial charge in [-0.25, -0.2) is 0 Å². The summed E-state index contributed by atoms with van der Waals surface area (Å²) in [7, 11) is 0. The summed E-state index contributed by atoms with van der Waals surface area (Å²) in [5.41, 5.74) is 6.83. The molecule has 1 heterocycles. The molecule has 0 spiro atoms. The van der Waals surface area contributed by atoms with Gasteiger partial charge in [0.25, 0.3) is 0 Å². The lowest BCUT2D eigenvalue weighted by Crippen LogP contribution is -2.09. The number of halogens is 3. The highest BCUT2D eigenvalue weighted by molar-refractivity contribution is 5.10. The highest BCUT2D eigenvalue weighted by Gasteiger charge is 2.25. The first kappa shape index (κ1) is 13.9. The molecule has 0 fully saturated rings. The van der Waals surface area contributed by atoms with Crippen LogP contribution in [0.5, 0.6) is 0 Å². The Bertz CT molecular complexity index is 342. The summed E-state index contributed by atoms with van der Waals surface area (Å²) in [6.07, 6.45) is -4.95. The third kappa shape index (κ3) is 6.23. The number of nitrogens with zero attached hydrogens (tertiary/aromatic N) is 1. The van der Waals surface area contributed by atoms with Crippen molar-refractivity contribution in [2.75, 3.05) is 6.61 Å². The Balaban J connectivity index is 2.22. The van der Waals surface area contributed by atoms with Crippen LogP contribution < -0.4 is 5.73 Å². The molecule has 1 aromatic rings. The fraction of sp³-hybridized carbons (Fsp3) is 0.545. The molecule has 2 N–H and O–H groups in total. The number of hydrogen-bond donors (Lipinski definition) is 1. The number of pyridine rings is 1. The molecule has 0 atom stereocenters. The number of alkyl halides is 3. The van der Waals surface area contributed by atoms with E-state index in [4.69, 9.17) is 10.5 Å². The summed E-state index contributed by atoms with van der Waals surface area (Å²) < 4.78 is 40.6. The smallest absolute Gasteiger partial charge is 0.375 e. The molecule has 96 valence electrons. The number of rotatable bonds is 6. The molecule has 0 amide bonds. The standard InChI is InChI=1S/C11H15F3N2O/c12-11(13,14)5-2-6-17-8-10-4-1-3-9(7-15)16-10/h1,3-4H,2,5-8,15H2. The maximum atomic E-state index is 11.8. The monoisotopic (exact) mass is 248 g/mol. The first-order valence-electron chi connectivity index (χ1n) is 5.30. The van der Waals surface area contributed by atoms with Crippen molar-refractivity contribution in [2.24, 2.45) is 5.73 Å². The molecule has 17 heavy (non-hydrogen) atoms. The highest BCUT2D eigenvalue weighted by atomic mass is 19.4. The summed E-state index contributed by atoms with van der Waals surface area (Å²) >= 11 is 0. The van der Waals surface area contributed by atoms with Crippen LogP contribution in [0.2, 0.25) is 0 Å². The molecule has 0 radical (unpaired) electrons. The SMILES string of the molecule is NCc1cccc(COCCCC(F)(F)F)n1. The van der Waals surface area contributed by atoms with E-state index in [1.807, 2.05) is 0 Å². The molecule has 0 unspecified atom stereocenters. The largest absolute Gasteiger partial charge is 0.389 e. The number of aromatic nitrogens is 1. The van der Waals surface area contributed by atoms with E-state index in [1.54, 1.807) is 18.2 Å². The van der Waals surface area contributed by atoms with Crippen LogP contribution in [0.3, 0.4) is 0 Å². The van der Waals surface area contributed by atoms with Crippen LogP contribution in [0.4, 0.5) is 13.2 Å². The van der Waals surface area contributed by atoms with Gasteiger partial charge in [0.1, 0.15) is 0 Å². The van der Waals surface area contributed by atoms with E-state index in [2.05, 4.69) is 4.98 Å². The Morgan fingerprint density at radius 1 is 1.24 bits per heavy atom. The van der Waals surface area contributed by atoms with Crippen LogP contribution in [-0.4, -0.2) is 17.8 Å². The third-order valence-electron chi connectivity index (χ3n) is 2.07. The van der Waals surface area contributed by atoms with Gasteiger partial charge in [0, 0.05) is 19.6 Å². The molecule has 1 aromatic heterocycles. The predicted molar refractivity (Wildman–Crippen MR) is 57.1 cm³/mol. The van der Waals surface area contributed by atoms with Crippen molar-refractivity contribution in [1.29, 1.82) is 0 Å². The molecule has 0 aromatic carbocycles. The van der Waals surface area contributed by atoms with Gasteiger partial charge < -0.3 is 10.5 Å². The Kier molecular flexibility index (Phi) is 5.37. The van der Waals surface area contributed by atoms with E-state index in [1.165, 1.54) is 0 Å². The zero-order chi connectivity index (χ0) is 12.7. The van der Waals surface area contributed by atoms with Gasteiger partial charge in [0.2, 0.25) is 0 Å². The molecule has 0 saturated carbocycles. The fourth-order valence-electron chi connectivity index (χ4n) is 1.27. The van der Waals surface area contributed by atoms with Crippen molar-refractivity contribution in [1.82, 2.24) is 4.98 Å². The van der Waals surface area contributed by atoms with Gasteiger partial charge in [-0.2, -0.15) is 13.2 Å². The molecule has 0 saturated heterocycles. The van der Waals surface area contributed by atoms with Gasteiger partial charge in [-0.3, -0.25) is 4.98 Å². The van der Waals surface area contributed by atoms with Crippen LogP contribution in [0.1, 0.15) is 24.2 Å². The van der Waals surface area contributed by atoms with E-state index >= 15 is 0 Å². The summed E-state index contributed by atoms with van der Waals surface area (Å²) in [6.45, 7) is 0.627. The molecule has 3 nitrogen and oxygen atoms in total. The summed E-state index contributed by atoms with van der Waals surface area (Å²) in [5.74, 6) is 0. The van der Waals surface area contributed by atoms with Crippen molar-refractivity contribution in [3.05, 3.63) is 29.6 Å². The lowest BCUT2D eigenvalue weighted by Gasteiger charge is -2.07. The average molecular weight is 248 g/mol. The highest BCUT2D eigenvalue weighted by Crippen LogP contribution is 2.21. The van der Waals surface area contributed by atoms with Gasteiger partial charge in [0.15, 0.2) is 0 Å². The first-order chi connectivity index (χ1) is 8.01. The minimum atomic E-state index is -4.11. The molecular formula is C11H15F3N2O. The van der Waals surface area contributed by atoms with Crippen LogP contribution >= 0.6 is 0 Å². The second-order valence-electron chi connectivity index (χ2n) is 3.60. The van der Waals surface area contributed by atoms with E-state index in [-0.39, 0.29) is 19.6 Å². The average Bonchev–Trinajstić information content (AvgIpc) is 2.27. The lowest BCUT2D eigenvalue weighted by molar-refractivity contribution is -0.138. The van der Waals surface area contributed by atoms with Crippen molar-refractivity contribution in [3.63, 3.8) is 0 Å². The van der Waals surface area contributed by atoms with Gasteiger partial charge in [-0.15, -0.1) is 0 Å². The van der Waals surface area contributed by atoms with Gasteiger partial charge >= 0.3 is 6.18 Å². The molecule has 0 bridgehead atoms. The maximum absolute atomic E-state index is 11.8. The van der Waals surface area contributed by atoms with Crippen molar-refractivity contribution in [3.8, 4) is 0 Å². The van der Waals surface area contributed by atoms with Crippen LogP contribution in [0, 0.1) is 0 Å². The number of ether oxygens (including phenoxy) is 1. The Morgan fingerprint density at radius 3 is 2.59 bits per heavy atom. The van der Waals surface area contributed by atoms with Gasteiger partial charge in [-0.05, 0) is 18.6 Å². The lowest BCUT2D eigenvalue weighted by atomic mass is 10.3. The second-order valence-corrected chi connectivity index (χ2v) is 3.60. The summed E-state index contributed by atoms with van der Waals surface area (Å²) in [5, 5.41) is 0. The fourth-order valence-corrected chi connectivity index (χ4v) is 1.27. The Labute approximate surface area is 97.8 Å². The van der Waals surface area contributed by atoms with E-state index in [0.717, 1.165) is 5.69 Å². The van der Waals surface area contributed by atoms with Crippen LogP contribution in [0.25, 0.3) is 0 Å². The molecule has 6 heteroatoms. The van der Waals surface area contributed by atoms with E-state index < -0.39 is 12.6 Å². The normalized spacial score (nSPS) is 11.8. The third-order valence-corrected chi connectivity index (χ3v) is 2.07. The zero-order valence-corrected chi connectivity index (χ0v) is 9.33. The molecule has 0 aliphatic carbocycles. The van der Waals surface area contributed by atoms with E-state index in [9.17, 15) is 13.2 Å². The van der Waals surface area contributed by atoms with Crippen molar-refractivity contribution >= 4 is 0 Å². The summed E-state index contributed by atoms with van der Waals surface area (Å²) in [4.78, 5) is 4.17. The topological polar surface area (TPSA) is 48.1 Å². The second kappa shape index (κ2) is 6.56. The number of hydrogen-bond acceptors (Lipinski definition) is 3. The van der Waals surface area contributed by atoms with E-state index in [0.29, 0.717) is 12.2 Å². The minimum absolute atomic E-state index is 0.0277.